The van der Waals surface area contributed by atoms with Crippen molar-refractivity contribution in [3.8, 4) is 17.2 Å². The van der Waals surface area contributed by atoms with E-state index in [1.165, 1.54) is 19.2 Å². The molecule has 0 aliphatic rings. The number of benzene rings is 2. The Morgan fingerprint density at radius 3 is 2.38 bits per heavy atom. The molecule has 156 valence electrons. The zero-order valence-electron chi connectivity index (χ0n) is 15.9. The van der Waals surface area contributed by atoms with Gasteiger partial charge in [-0.3, -0.25) is 4.79 Å². The van der Waals surface area contributed by atoms with Gasteiger partial charge in [-0.15, -0.1) is 6.58 Å². The van der Waals surface area contributed by atoms with Gasteiger partial charge in [-0.1, -0.05) is 24.3 Å². The highest BCUT2D eigenvalue weighted by Gasteiger charge is 2.28. The van der Waals surface area contributed by atoms with Crippen molar-refractivity contribution in [1.82, 2.24) is 5.32 Å². The molecule has 0 aliphatic heterocycles. The second-order valence-corrected chi connectivity index (χ2v) is 6.09. The van der Waals surface area contributed by atoms with Gasteiger partial charge < -0.3 is 19.5 Å². The third-order valence-corrected chi connectivity index (χ3v) is 3.78. The summed E-state index contributed by atoms with van der Waals surface area (Å²) < 4.78 is 51.8. The maximum Gasteiger partial charge on any atom is 0.422 e. The highest BCUT2D eigenvalue weighted by Crippen LogP contribution is 2.28. The zero-order chi connectivity index (χ0) is 21.3. The number of nitrogens with one attached hydrogen (secondary N) is 1. The molecule has 0 spiro atoms. The Bertz CT molecular complexity index is 820. The minimum Gasteiger partial charge on any atom is -0.493 e. The molecule has 2 aromatic carbocycles. The van der Waals surface area contributed by atoms with Gasteiger partial charge in [0, 0.05) is 6.54 Å². The molecule has 5 nitrogen and oxygen atoms in total. The van der Waals surface area contributed by atoms with E-state index in [0.29, 0.717) is 23.5 Å². The first-order valence-electron chi connectivity index (χ1n) is 8.76. The molecule has 8 heteroatoms. The lowest BCUT2D eigenvalue weighted by Crippen LogP contribution is -2.28. The second-order valence-electron chi connectivity index (χ2n) is 6.09. The molecule has 0 aliphatic carbocycles. The average molecular weight is 409 g/mol. The van der Waals surface area contributed by atoms with Crippen molar-refractivity contribution in [2.24, 2.45) is 0 Å². The van der Waals surface area contributed by atoms with Crippen LogP contribution in [0, 0.1) is 0 Å². The Morgan fingerprint density at radius 1 is 1.07 bits per heavy atom. The summed E-state index contributed by atoms with van der Waals surface area (Å²) in [7, 11) is 1.52. The van der Waals surface area contributed by atoms with Crippen LogP contribution >= 0.6 is 0 Å². The molecule has 0 saturated carbocycles. The van der Waals surface area contributed by atoms with Gasteiger partial charge in [0.05, 0.1) is 7.11 Å². The summed E-state index contributed by atoms with van der Waals surface area (Å²) in [6.07, 6.45) is -1.92. The van der Waals surface area contributed by atoms with Crippen LogP contribution in [0.25, 0.3) is 0 Å². The number of halogens is 3. The fourth-order valence-corrected chi connectivity index (χ4v) is 2.39. The molecule has 0 radical (unpaired) electrons. The number of ether oxygens (including phenoxy) is 3. The lowest BCUT2D eigenvalue weighted by Gasteiger charge is -2.12. The quantitative estimate of drug-likeness (QED) is 0.602. The number of amides is 1. The van der Waals surface area contributed by atoms with Crippen LogP contribution in [-0.4, -0.2) is 32.4 Å². The van der Waals surface area contributed by atoms with Crippen molar-refractivity contribution < 1.29 is 32.2 Å². The highest BCUT2D eigenvalue weighted by atomic mass is 19.4. The van der Waals surface area contributed by atoms with Gasteiger partial charge in [0.2, 0.25) is 0 Å². The monoisotopic (exact) mass is 409 g/mol. The average Bonchev–Trinajstić information content (AvgIpc) is 2.70. The minimum absolute atomic E-state index is 0.104. The Kier molecular flexibility index (Phi) is 7.94. The van der Waals surface area contributed by atoms with E-state index in [0.717, 1.165) is 5.56 Å². The number of alkyl halides is 3. The van der Waals surface area contributed by atoms with Crippen molar-refractivity contribution in [3.05, 3.63) is 66.2 Å². The number of rotatable bonds is 10. The van der Waals surface area contributed by atoms with Gasteiger partial charge in [-0.25, -0.2) is 0 Å². The Morgan fingerprint density at radius 2 is 1.76 bits per heavy atom. The van der Waals surface area contributed by atoms with Crippen LogP contribution in [-0.2, 0) is 17.8 Å². The fraction of sp³-hybridized carbons (Fsp3) is 0.286. The standard InChI is InChI=1S/C21H22F3NO4/c1-3-4-15-7-10-18(19(11-15)27-2)28-13-20(26)25-12-16-5-8-17(9-6-16)29-14-21(22,23)24/h3,5-11H,1,4,12-14H2,2H3,(H,25,26). The number of carbonyl (C=O) groups excluding carboxylic acids is 1. The Hall–Kier alpha value is -3.16. The van der Waals surface area contributed by atoms with E-state index in [4.69, 9.17) is 9.47 Å². The van der Waals surface area contributed by atoms with Gasteiger partial charge in [0.15, 0.2) is 24.7 Å². The maximum absolute atomic E-state index is 12.1. The van der Waals surface area contributed by atoms with Gasteiger partial charge in [0.25, 0.3) is 5.91 Å². The summed E-state index contributed by atoms with van der Waals surface area (Å²) in [6, 6.07) is 11.4. The Balaban J connectivity index is 1.80. The lowest BCUT2D eigenvalue weighted by molar-refractivity contribution is -0.153. The van der Waals surface area contributed by atoms with Crippen LogP contribution in [0.3, 0.4) is 0 Å². The van der Waals surface area contributed by atoms with E-state index in [2.05, 4.69) is 16.6 Å². The first kappa shape index (κ1) is 22.1. The summed E-state index contributed by atoms with van der Waals surface area (Å²) in [6.45, 7) is 2.34. The van der Waals surface area contributed by atoms with Crippen LogP contribution < -0.4 is 19.5 Å². The second kappa shape index (κ2) is 10.4. The Labute approximate surface area is 167 Å². The summed E-state index contributed by atoms with van der Waals surface area (Å²) in [5.41, 5.74) is 1.72. The first-order chi connectivity index (χ1) is 13.8. The van der Waals surface area contributed by atoms with Crippen LogP contribution in [0.4, 0.5) is 13.2 Å². The van der Waals surface area contributed by atoms with Gasteiger partial charge in [0.1, 0.15) is 5.75 Å². The molecule has 0 unspecified atom stereocenters. The summed E-state index contributed by atoms with van der Waals surface area (Å²) in [4.78, 5) is 12.0. The number of methoxy groups -OCH3 is 1. The molecular weight excluding hydrogens is 387 g/mol. The van der Waals surface area contributed by atoms with Crippen LogP contribution in [0.1, 0.15) is 11.1 Å². The van der Waals surface area contributed by atoms with E-state index in [9.17, 15) is 18.0 Å². The summed E-state index contributed by atoms with van der Waals surface area (Å²) >= 11 is 0. The molecule has 29 heavy (non-hydrogen) atoms. The normalized spacial score (nSPS) is 10.9. The summed E-state index contributed by atoms with van der Waals surface area (Å²) in [5.74, 6) is 0.723. The molecule has 2 aromatic rings. The number of allylic oxidation sites excluding steroid dienone is 1. The predicted molar refractivity (Wildman–Crippen MR) is 102 cm³/mol. The zero-order valence-corrected chi connectivity index (χ0v) is 15.9. The highest BCUT2D eigenvalue weighted by molar-refractivity contribution is 5.77. The first-order valence-corrected chi connectivity index (χ1v) is 8.76. The molecule has 0 heterocycles. The number of carbonyl (C=O) groups is 1. The topological polar surface area (TPSA) is 56.8 Å². The van der Waals surface area contributed by atoms with E-state index < -0.39 is 12.8 Å². The number of hydrogen-bond acceptors (Lipinski definition) is 4. The van der Waals surface area contributed by atoms with E-state index >= 15 is 0 Å². The predicted octanol–water partition coefficient (Wildman–Crippen LogP) is 4.06. The van der Waals surface area contributed by atoms with E-state index in [1.807, 2.05) is 12.1 Å². The smallest absolute Gasteiger partial charge is 0.422 e. The van der Waals surface area contributed by atoms with Crippen molar-refractivity contribution >= 4 is 5.91 Å². The maximum atomic E-state index is 12.1. The van der Waals surface area contributed by atoms with Crippen molar-refractivity contribution in [2.45, 2.75) is 19.1 Å². The SMILES string of the molecule is C=CCc1ccc(OCC(=O)NCc2ccc(OCC(F)(F)F)cc2)c(OC)c1. The van der Waals surface area contributed by atoms with Gasteiger partial charge in [-0.2, -0.15) is 13.2 Å². The van der Waals surface area contributed by atoms with E-state index in [-0.39, 0.29) is 24.8 Å². The third kappa shape index (κ3) is 7.77. The van der Waals surface area contributed by atoms with Gasteiger partial charge >= 0.3 is 6.18 Å². The summed E-state index contributed by atoms with van der Waals surface area (Å²) in [5, 5.41) is 2.68. The molecule has 0 aromatic heterocycles. The molecule has 0 bridgehead atoms. The molecule has 0 atom stereocenters. The molecule has 0 saturated heterocycles. The number of hydrogen-bond donors (Lipinski definition) is 1. The fourth-order valence-electron chi connectivity index (χ4n) is 2.39. The largest absolute Gasteiger partial charge is 0.493 e. The van der Waals surface area contributed by atoms with Crippen LogP contribution in [0.15, 0.2) is 55.1 Å². The van der Waals surface area contributed by atoms with Crippen LogP contribution in [0.2, 0.25) is 0 Å². The third-order valence-electron chi connectivity index (χ3n) is 3.78. The molecular formula is C21H22F3NO4. The molecule has 0 fully saturated rings. The van der Waals surface area contributed by atoms with Gasteiger partial charge in [-0.05, 0) is 41.8 Å². The molecule has 1 amide bonds. The lowest BCUT2D eigenvalue weighted by atomic mass is 10.1. The minimum atomic E-state index is -4.39. The molecule has 1 N–H and O–H groups in total. The van der Waals surface area contributed by atoms with Crippen molar-refractivity contribution in [3.63, 3.8) is 0 Å². The van der Waals surface area contributed by atoms with E-state index in [1.54, 1.807) is 24.3 Å². The van der Waals surface area contributed by atoms with Crippen molar-refractivity contribution in [2.75, 3.05) is 20.3 Å². The molecule has 2 rings (SSSR count). The van der Waals surface area contributed by atoms with Crippen molar-refractivity contribution in [1.29, 1.82) is 0 Å². The van der Waals surface area contributed by atoms with Crippen LogP contribution in [0.5, 0.6) is 17.2 Å².